The number of hydrogen-bond donors (Lipinski definition) is 0. The Balaban J connectivity index is 1.50. The summed E-state index contributed by atoms with van der Waals surface area (Å²) in [6, 6.07) is 18.3. The summed E-state index contributed by atoms with van der Waals surface area (Å²) in [6.07, 6.45) is 3.74. The van der Waals surface area contributed by atoms with Crippen LogP contribution in [0.4, 0.5) is 17.1 Å². The van der Waals surface area contributed by atoms with Crippen molar-refractivity contribution in [2.45, 2.75) is 12.1 Å². The monoisotopic (exact) mass is 499 g/mol. The summed E-state index contributed by atoms with van der Waals surface area (Å²) in [6.45, 7) is 0. The van der Waals surface area contributed by atoms with Gasteiger partial charge in [0.2, 0.25) is 11.8 Å². The van der Waals surface area contributed by atoms with Crippen molar-refractivity contribution in [1.29, 1.82) is 0 Å². The molecule has 3 aliphatic heterocycles. The standard InChI is InChI=1S/C27H18ClN3O5/c28-18-12-11-17(31(35)36)14-21(18)30-26(33)22-20-13-10-15-6-4-5-9-19(15)29(20)24(23(22)27(30)34)25(32)16-7-2-1-3-8-16/h1-14,20,22-24H. The molecule has 0 aromatic heterocycles. The first-order chi connectivity index (χ1) is 17.4. The average molecular weight is 500 g/mol. The number of para-hydroxylation sites is 1. The van der Waals surface area contributed by atoms with E-state index in [9.17, 15) is 24.5 Å². The number of carbonyl (C=O) groups is 3. The van der Waals surface area contributed by atoms with E-state index < -0.39 is 40.7 Å². The van der Waals surface area contributed by atoms with Gasteiger partial charge >= 0.3 is 0 Å². The number of imide groups is 1. The molecule has 3 aromatic rings. The highest BCUT2D eigenvalue weighted by Gasteiger charge is 2.64. The minimum Gasteiger partial charge on any atom is -0.352 e. The number of ketones is 1. The van der Waals surface area contributed by atoms with E-state index in [4.69, 9.17) is 11.6 Å². The number of anilines is 2. The molecular formula is C27H18ClN3O5. The molecule has 4 unspecified atom stereocenters. The van der Waals surface area contributed by atoms with Gasteiger partial charge in [0.15, 0.2) is 5.78 Å². The molecule has 0 saturated carbocycles. The maximum Gasteiger partial charge on any atom is 0.271 e. The Morgan fingerprint density at radius 1 is 0.889 bits per heavy atom. The predicted octanol–water partition coefficient (Wildman–Crippen LogP) is 4.52. The van der Waals surface area contributed by atoms with Crippen molar-refractivity contribution >= 4 is 52.3 Å². The van der Waals surface area contributed by atoms with Gasteiger partial charge in [0.1, 0.15) is 6.04 Å². The Morgan fingerprint density at radius 2 is 1.58 bits per heavy atom. The number of rotatable bonds is 4. The fraction of sp³-hybridized carbons (Fsp3) is 0.148. The highest BCUT2D eigenvalue weighted by Crippen LogP contribution is 2.50. The molecule has 9 heteroatoms. The number of halogens is 1. The van der Waals surface area contributed by atoms with Crippen molar-refractivity contribution < 1.29 is 19.3 Å². The van der Waals surface area contributed by atoms with Gasteiger partial charge in [0.25, 0.3) is 5.69 Å². The quantitative estimate of drug-likeness (QED) is 0.226. The smallest absolute Gasteiger partial charge is 0.271 e. The molecule has 2 amide bonds. The van der Waals surface area contributed by atoms with Crippen molar-refractivity contribution in [1.82, 2.24) is 0 Å². The number of nitro benzene ring substituents is 1. The Labute approximate surface area is 210 Å². The van der Waals surface area contributed by atoms with Gasteiger partial charge in [-0.3, -0.25) is 24.5 Å². The second kappa shape index (κ2) is 8.13. The summed E-state index contributed by atoms with van der Waals surface area (Å²) in [5.74, 6) is -3.24. The number of benzene rings is 3. The Bertz CT molecular complexity index is 1490. The van der Waals surface area contributed by atoms with Crippen molar-refractivity contribution in [3.8, 4) is 0 Å². The number of amides is 2. The third-order valence-corrected chi connectivity index (χ3v) is 7.44. The lowest BCUT2D eigenvalue weighted by Gasteiger charge is -2.36. The lowest BCUT2D eigenvalue weighted by molar-refractivity contribution is -0.384. The summed E-state index contributed by atoms with van der Waals surface area (Å²) >= 11 is 6.31. The van der Waals surface area contributed by atoms with Gasteiger partial charge < -0.3 is 4.90 Å². The van der Waals surface area contributed by atoms with Gasteiger partial charge in [-0.15, -0.1) is 0 Å². The van der Waals surface area contributed by atoms with Crippen LogP contribution in [0, 0.1) is 22.0 Å². The van der Waals surface area contributed by atoms with Crippen LogP contribution in [-0.2, 0) is 9.59 Å². The van der Waals surface area contributed by atoms with Crippen LogP contribution in [0.15, 0.2) is 78.9 Å². The molecule has 4 atom stereocenters. The molecule has 3 heterocycles. The fourth-order valence-corrected chi connectivity index (χ4v) is 5.81. The van der Waals surface area contributed by atoms with E-state index in [-0.39, 0.29) is 22.2 Å². The van der Waals surface area contributed by atoms with Gasteiger partial charge in [0, 0.05) is 23.4 Å². The van der Waals surface area contributed by atoms with Crippen LogP contribution in [0.25, 0.3) is 6.08 Å². The first-order valence-corrected chi connectivity index (χ1v) is 11.7. The third kappa shape index (κ3) is 3.11. The maximum atomic E-state index is 13.9. The van der Waals surface area contributed by atoms with Crippen molar-refractivity contribution in [2.24, 2.45) is 11.8 Å². The van der Waals surface area contributed by atoms with Gasteiger partial charge in [0.05, 0.1) is 33.5 Å². The second-order valence-electron chi connectivity index (χ2n) is 8.95. The Morgan fingerprint density at radius 3 is 2.33 bits per heavy atom. The van der Waals surface area contributed by atoms with E-state index in [0.29, 0.717) is 5.56 Å². The van der Waals surface area contributed by atoms with Crippen molar-refractivity contribution in [3.63, 3.8) is 0 Å². The molecule has 0 aliphatic carbocycles. The highest BCUT2D eigenvalue weighted by molar-refractivity contribution is 6.36. The molecule has 2 fully saturated rings. The number of nitrogens with zero attached hydrogens (tertiary/aromatic N) is 3. The number of Topliss-reactive ketones (excluding diaryl/α,β-unsaturated/α-hetero) is 1. The van der Waals surface area contributed by atoms with E-state index in [1.807, 2.05) is 41.3 Å². The second-order valence-corrected chi connectivity index (χ2v) is 9.35. The first kappa shape index (κ1) is 22.2. The summed E-state index contributed by atoms with van der Waals surface area (Å²) in [4.78, 5) is 55.1. The molecule has 36 heavy (non-hydrogen) atoms. The zero-order valence-corrected chi connectivity index (χ0v) is 19.4. The predicted molar refractivity (Wildman–Crippen MR) is 134 cm³/mol. The van der Waals surface area contributed by atoms with Gasteiger partial charge in [-0.25, -0.2) is 4.90 Å². The average Bonchev–Trinajstić information content (AvgIpc) is 3.37. The molecule has 3 aromatic carbocycles. The minimum atomic E-state index is -0.985. The number of hydrogen-bond acceptors (Lipinski definition) is 6. The zero-order valence-electron chi connectivity index (χ0n) is 18.7. The van der Waals surface area contributed by atoms with E-state index in [0.717, 1.165) is 22.2 Å². The van der Waals surface area contributed by atoms with Crippen molar-refractivity contribution in [3.05, 3.63) is 105 Å². The van der Waals surface area contributed by atoms with Crippen LogP contribution in [0.3, 0.4) is 0 Å². The van der Waals surface area contributed by atoms with Crippen LogP contribution in [0.1, 0.15) is 15.9 Å². The topological polar surface area (TPSA) is 101 Å². The SMILES string of the molecule is O=C(c1ccccc1)C1C2C(=O)N(c3cc([N+](=O)[O-])ccc3Cl)C(=O)C2C2C=Cc3ccccc3N21. The molecule has 0 bridgehead atoms. The largest absolute Gasteiger partial charge is 0.352 e. The molecular weight excluding hydrogens is 482 g/mol. The molecule has 0 N–H and O–H groups in total. The molecule has 8 nitrogen and oxygen atoms in total. The number of non-ortho nitro benzene ring substituents is 1. The van der Waals surface area contributed by atoms with Gasteiger partial charge in [-0.1, -0.05) is 72.3 Å². The lowest BCUT2D eigenvalue weighted by atomic mass is 9.86. The fourth-order valence-electron chi connectivity index (χ4n) is 5.61. The van der Waals surface area contributed by atoms with Gasteiger partial charge in [-0.2, -0.15) is 0 Å². The molecule has 178 valence electrons. The Hall–Kier alpha value is -4.30. The number of nitro groups is 1. The van der Waals surface area contributed by atoms with E-state index in [1.165, 1.54) is 12.1 Å². The minimum absolute atomic E-state index is 0.0367. The van der Waals surface area contributed by atoms with Crippen LogP contribution >= 0.6 is 11.6 Å². The molecule has 3 aliphatic rings. The van der Waals surface area contributed by atoms with Crippen LogP contribution in [-0.4, -0.2) is 34.6 Å². The van der Waals surface area contributed by atoms with Crippen LogP contribution in [0.5, 0.6) is 0 Å². The molecule has 6 rings (SSSR count). The molecule has 0 spiro atoms. The summed E-state index contributed by atoms with van der Waals surface area (Å²) in [5, 5.41) is 11.4. The zero-order chi connectivity index (χ0) is 25.1. The molecule has 0 radical (unpaired) electrons. The van der Waals surface area contributed by atoms with E-state index >= 15 is 0 Å². The highest BCUT2D eigenvalue weighted by atomic mass is 35.5. The van der Waals surface area contributed by atoms with Gasteiger partial charge in [-0.05, 0) is 17.7 Å². The van der Waals surface area contributed by atoms with Crippen LogP contribution in [0.2, 0.25) is 5.02 Å². The first-order valence-electron chi connectivity index (χ1n) is 11.3. The van der Waals surface area contributed by atoms with Crippen molar-refractivity contribution in [2.75, 3.05) is 9.80 Å². The normalized spacial score (nSPS) is 23.9. The Kier molecular flexibility index (Phi) is 5.01. The summed E-state index contributed by atoms with van der Waals surface area (Å²) < 4.78 is 0. The third-order valence-electron chi connectivity index (χ3n) is 7.12. The number of fused-ring (bicyclic) bond motifs is 5. The van der Waals surface area contributed by atoms with Crippen LogP contribution < -0.4 is 9.80 Å². The molecule has 2 saturated heterocycles. The lowest BCUT2D eigenvalue weighted by Crippen LogP contribution is -2.48. The number of carbonyl (C=O) groups excluding carboxylic acids is 3. The summed E-state index contributed by atoms with van der Waals surface area (Å²) in [5.41, 5.74) is 1.75. The van der Waals surface area contributed by atoms with E-state index in [2.05, 4.69) is 0 Å². The summed E-state index contributed by atoms with van der Waals surface area (Å²) in [7, 11) is 0. The van der Waals surface area contributed by atoms with E-state index in [1.54, 1.807) is 30.3 Å². The maximum absolute atomic E-state index is 13.9.